The summed E-state index contributed by atoms with van der Waals surface area (Å²) < 4.78 is 0. The summed E-state index contributed by atoms with van der Waals surface area (Å²) in [7, 11) is 0. The van der Waals surface area contributed by atoms with E-state index in [9.17, 15) is 9.59 Å². The molecule has 25 heavy (non-hydrogen) atoms. The fraction of sp³-hybridized carbons (Fsp3) is 0.529. The first-order valence-electron chi connectivity index (χ1n) is 8.01. The molecule has 0 aliphatic heterocycles. The fourth-order valence-electron chi connectivity index (χ4n) is 2.47. The van der Waals surface area contributed by atoms with E-state index in [0.717, 1.165) is 12.0 Å². The number of hydrogen-bond acceptors (Lipinski definition) is 3. The minimum absolute atomic E-state index is 0. The summed E-state index contributed by atoms with van der Waals surface area (Å²) in [4.78, 5) is 23.7. The van der Waals surface area contributed by atoms with Crippen LogP contribution < -0.4 is 21.7 Å². The molecule has 0 saturated heterocycles. The van der Waals surface area contributed by atoms with Crippen molar-refractivity contribution in [3.05, 3.63) is 34.9 Å². The van der Waals surface area contributed by atoms with Gasteiger partial charge in [0.05, 0.1) is 6.54 Å². The van der Waals surface area contributed by atoms with Gasteiger partial charge in [-0.1, -0.05) is 37.6 Å². The summed E-state index contributed by atoms with van der Waals surface area (Å²) in [5.74, 6) is 0.153. The van der Waals surface area contributed by atoms with E-state index in [1.54, 1.807) is 12.1 Å². The Labute approximate surface area is 160 Å². The van der Waals surface area contributed by atoms with E-state index in [2.05, 4.69) is 29.8 Å². The van der Waals surface area contributed by atoms with Crippen LogP contribution in [-0.2, 0) is 11.3 Å². The first-order chi connectivity index (χ1) is 11.2. The molecule has 1 unspecified atom stereocenters. The highest BCUT2D eigenvalue weighted by Gasteiger charge is 2.25. The number of nitrogens with one attached hydrogen (secondary N) is 3. The minimum atomic E-state index is -0.466. The zero-order valence-electron chi connectivity index (χ0n) is 14.9. The van der Waals surface area contributed by atoms with Crippen molar-refractivity contribution >= 4 is 35.9 Å². The van der Waals surface area contributed by atoms with E-state index >= 15 is 0 Å². The Morgan fingerprint density at radius 3 is 2.32 bits per heavy atom. The lowest BCUT2D eigenvalue weighted by molar-refractivity contribution is -0.121. The van der Waals surface area contributed by atoms with Crippen molar-refractivity contribution < 1.29 is 9.59 Å². The van der Waals surface area contributed by atoms with Crippen molar-refractivity contribution in [3.63, 3.8) is 0 Å². The molecule has 1 aromatic carbocycles. The molecule has 1 rings (SSSR count). The maximum absolute atomic E-state index is 12.0. The van der Waals surface area contributed by atoms with E-state index in [-0.39, 0.29) is 24.9 Å². The van der Waals surface area contributed by atoms with Crippen LogP contribution in [0.1, 0.15) is 32.8 Å². The van der Waals surface area contributed by atoms with Gasteiger partial charge in [0, 0.05) is 23.7 Å². The predicted molar refractivity (Wildman–Crippen MR) is 104 cm³/mol. The van der Waals surface area contributed by atoms with Crippen LogP contribution in [0, 0.1) is 5.92 Å². The molecule has 0 radical (unpaired) electrons. The zero-order chi connectivity index (χ0) is 18.2. The molecule has 1 aromatic rings. The van der Waals surface area contributed by atoms with E-state index in [1.165, 1.54) is 0 Å². The Hall–Kier alpha value is -1.50. The first-order valence-corrected chi connectivity index (χ1v) is 8.39. The van der Waals surface area contributed by atoms with Gasteiger partial charge in [0.2, 0.25) is 5.91 Å². The van der Waals surface area contributed by atoms with Gasteiger partial charge in [-0.05, 0) is 37.0 Å². The molecular formula is C17H28Cl2N4O2. The minimum Gasteiger partial charge on any atom is -0.348 e. The van der Waals surface area contributed by atoms with Gasteiger partial charge in [0.25, 0.3) is 0 Å². The topological polar surface area (TPSA) is 96.2 Å². The average Bonchev–Trinajstić information content (AvgIpc) is 2.51. The lowest BCUT2D eigenvalue weighted by Gasteiger charge is -2.31. The summed E-state index contributed by atoms with van der Waals surface area (Å²) >= 11 is 5.80. The molecule has 5 N–H and O–H groups in total. The van der Waals surface area contributed by atoms with E-state index in [0.29, 0.717) is 24.0 Å². The third-order valence-electron chi connectivity index (χ3n) is 3.53. The van der Waals surface area contributed by atoms with Gasteiger partial charge >= 0.3 is 6.03 Å². The number of nitrogens with two attached hydrogens (primary N) is 1. The Kier molecular flexibility index (Phi) is 10.5. The average molecular weight is 391 g/mol. The second-order valence-corrected chi connectivity index (χ2v) is 7.01. The summed E-state index contributed by atoms with van der Waals surface area (Å²) in [5.41, 5.74) is 6.22. The van der Waals surface area contributed by atoms with Crippen LogP contribution >= 0.6 is 24.0 Å². The van der Waals surface area contributed by atoms with Gasteiger partial charge in [-0.2, -0.15) is 0 Å². The Morgan fingerprint density at radius 2 is 1.80 bits per heavy atom. The molecule has 1 atom stereocenters. The first kappa shape index (κ1) is 23.5. The number of halogens is 2. The van der Waals surface area contributed by atoms with Crippen molar-refractivity contribution in [1.29, 1.82) is 0 Å². The highest BCUT2D eigenvalue weighted by Crippen LogP contribution is 2.14. The van der Waals surface area contributed by atoms with Crippen LogP contribution in [0.3, 0.4) is 0 Å². The highest BCUT2D eigenvalue weighted by molar-refractivity contribution is 6.30. The number of urea groups is 1. The standard InChI is InChI=1S/C17H27ClN4O2.ClH/c1-12(2)8-17(3,11-19)22-15(23)10-21-16(24)20-9-13-4-6-14(18)7-5-13;/h4-7,12H,8-11,19H2,1-3H3,(H,22,23)(H2,20,21,24);1H. The smallest absolute Gasteiger partial charge is 0.315 e. The molecule has 0 aromatic heterocycles. The van der Waals surface area contributed by atoms with Crippen molar-refractivity contribution in [2.24, 2.45) is 11.7 Å². The van der Waals surface area contributed by atoms with Crippen LogP contribution in [0.5, 0.6) is 0 Å². The van der Waals surface area contributed by atoms with Gasteiger partial charge in [0.1, 0.15) is 0 Å². The Morgan fingerprint density at radius 1 is 1.20 bits per heavy atom. The number of amides is 3. The molecule has 8 heteroatoms. The SMILES string of the molecule is CC(C)CC(C)(CN)NC(=O)CNC(=O)NCc1ccc(Cl)cc1.Cl. The zero-order valence-corrected chi connectivity index (χ0v) is 16.5. The third kappa shape index (κ3) is 9.53. The molecule has 0 heterocycles. The summed E-state index contributed by atoms with van der Waals surface area (Å²) in [5, 5.41) is 8.75. The maximum Gasteiger partial charge on any atom is 0.315 e. The van der Waals surface area contributed by atoms with Gasteiger partial charge in [-0.3, -0.25) is 4.79 Å². The summed E-state index contributed by atoms with van der Waals surface area (Å²) in [6.07, 6.45) is 0.776. The van der Waals surface area contributed by atoms with Gasteiger partial charge in [0.15, 0.2) is 0 Å². The molecule has 3 amide bonds. The highest BCUT2D eigenvalue weighted by atomic mass is 35.5. The largest absolute Gasteiger partial charge is 0.348 e. The van der Waals surface area contributed by atoms with Crippen molar-refractivity contribution in [2.75, 3.05) is 13.1 Å². The number of benzene rings is 1. The van der Waals surface area contributed by atoms with Crippen LogP contribution in [0.4, 0.5) is 4.79 Å². The number of hydrogen-bond donors (Lipinski definition) is 4. The van der Waals surface area contributed by atoms with Gasteiger partial charge in [-0.25, -0.2) is 4.79 Å². The molecule has 0 aliphatic carbocycles. The van der Waals surface area contributed by atoms with Crippen LogP contribution in [0.25, 0.3) is 0 Å². The van der Waals surface area contributed by atoms with Crippen LogP contribution in [0.15, 0.2) is 24.3 Å². The molecule has 0 aliphatic rings. The molecular weight excluding hydrogens is 363 g/mol. The second kappa shape index (κ2) is 11.2. The van der Waals surface area contributed by atoms with Gasteiger partial charge in [-0.15, -0.1) is 12.4 Å². The lowest BCUT2D eigenvalue weighted by atomic mass is 9.91. The quantitative estimate of drug-likeness (QED) is 0.548. The van der Waals surface area contributed by atoms with Crippen molar-refractivity contribution in [1.82, 2.24) is 16.0 Å². The fourth-order valence-corrected chi connectivity index (χ4v) is 2.60. The molecule has 142 valence electrons. The van der Waals surface area contributed by atoms with Crippen LogP contribution in [-0.4, -0.2) is 30.6 Å². The third-order valence-corrected chi connectivity index (χ3v) is 3.78. The Bertz CT molecular complexity index is 552. The molecule has 0 spiro atoms. The monoisotopic (exact) mass is 390 g/mol. The van der Waals surface area contributed by atoms with Crippen LogP contribution in [0.2, 0.25) is 5.02 Å². The molecule has 0 bridgehead atoms. The molecule has 6 nitrogen and oxygen atoms in total. The Balaban J connectivity index is 0.00000576. The predicted octanol–water partition coefficient (Wildman–Crippen LogP) is 2.44. The molecule has 0 saturated carbocycles. The van der Waals surface area contributed by atoms with E-state index in [1.807, 2.05) is 19.1 Å². The van der Waals surface area contributed by atoms with Crippen molar-refractivity contribution in [3.8, 4) is 0 Å². The number of carbonyl (C=O) groups is 2. The number of rotatable bonds is 8. The molecule has 0 fully saturated rings. The summed E-state index contributed by atoms with van der Waals surface area (Å²) in [6.45, 7) is 6.66. The van der Waals surface area contributed by atoms with E-state index in [4.69, 9.17) is 17.3 Å². The van der Waals surface area contributed by atoms with E-state index < -0.39 is 11.6 Å². The van der Waals surface area contributed by atoms with Gasteiger partial charge < -0.3 is 21.7 Å². The normalized spacial score (nSPS) is 12.7. The van der Waals surface area contributed by atoms with Crippen molar-refractivity contribution in [2.45, 2.75) is 39.3 Å². The lowest BCUT2D eigenvalue weighted by Crippen LogP contribution is -2.54. The maximum atomic E-state index is 12.0. The second-order valence-electron chi connectivity index (χ2n) is 6.57. The summed E-state index contributed by atoms with van der Waals surface area (Å²) in [6, 6.07) is 6.76. The number of carbonyl (C=O) groups excluding carboxylic acids is 2.